The van der Waals surface area contributed by atoms with Gasteiger partial charge in [0.25, 0.3) is 0 Å². The molecule has 0 unspecified atom stereocenters. The number of likely N-dealkylation sites (tertiary alicyclic amines) is 1. The summed E-state index contributed by atoms with van der Waals surface area (Å²) in [5.41, 5.74) is 0. The van der Waals surface area contributed by atoms with Crippen molar-refractivity contribution in [2.75, 3.05) is 19.7 Å². The van der Waals surface area contributed by atoms with Crippen LogP contribution in [0.1, 0.15) is 19.3 Å². The van der Waals surface area contributed by atoms with Gasteiger partial charge in [-0.25, -0.2) is 4.39 Å². The number of hydrogen-bond acceptors (Lipinski definition) is 3. The summed E-state index contributed by atoms with van der Waals surface area (Å²) in [5.74, 6) is -0.211. The monoisotopic (exact) mass is 306 g/mol. The molecular formula is C16H19FN2O3. The van der Waals surface area contributed by atoms with Gasteiger partial charge in [0.2, 0.25) is 11.8 Å². The highest BCUT2D eigenvalue weighted by atomic mass is 19.1. The molecule has 22 heavy (non-hydrogen) atoms. The molecule has 5 nitrogen and oxygen atoms in total. The number of benzene rings is 1. The molecule has 1 aliphatic heterocycles. The van der Waals surface area contributed by atoms with Gasteiger partial charge in [0, 0.05) is 25.1 Å². The molecule has 1 atom stereocenters. The summed E-state index contributed by atoms with van der Waals surface area (Å²) in [6, 6.07) is 6.23. The molecule has 118 valence electrons. The van der Waals surface area contributed by atoms with Gasteiger partial charge in [-0.15, -0.1) is 0 Å². The van der Waals surface area contributed by atoms with E-state index in [1.807, 2.05) is 4.90 Å². The largest absolute Gasteiger partial charge is 0.492 e. The van der Waals surface area contributed by atoms with E-state index in [9.17, 15) is 14.0 Å². The molecular weight excluding hydrogens is 287 g/mol. The Balaban J connectivity index is 1.38. The molecule has 1 heterocycles. The van der Waals surface area contributed by atoms with Crippen molar-refractivity contribution >= 4 is 11.8 Å². The molecule has 0 aromatic heterocycles. The summed E-state index contributed by atoms with van der Waals surface area (Å²) in [7, 11) is 0. The highest BCUT2D eigenvalue weighted by Crippen LogP contribution is 2.32. The number of carbonyl (C=O) groups excluding carboxylic acids is 2. The van der Waals surface area contributed by atoms with E-state index >= 15 is 0 Å². The number of carbonyl (C=O) groups is 2. The predicted molar refractivity (Wildman–Crippen MR) is 77.7 cm³/mol. The van der Waals surface area contributed by atoms with Crippen LogP contribution in [0.15, 0.2) is 24.3 Å². The van der Waals surface area contributed by atoms with Crippen LogP contribution in [0.3, 0.4) is 0 Å². The summed E-state index contributed by atoms with van der Waals surface area (Å²) in [6.45, 7) is 1.13. The SMILES string of the molecule is O=C(NCCOc1cccc(F)c1)[C@H]1CC(=O)N(C2CC2)C1. The van der Waals surface area contributed by atoms with E-state index in [0.717, 1.165) is 12.8 Å². The number of amides is 2. The first-order chi connectivity index (χ1) is 10.6. The van der Waals surface area contributed by atoms with Crippen LogP contribution in [-0.4, -0.2) is 42.5 Å². The lowest BCUT2D eigenvalue weighted by molar-refractivity contribution is -0.129. The molecule has 1 N–H and O–H groups in total. The molecule has 0 bridgehead atoms. The van der Waals surface area contributed by atoms with Crippen molar-refractivity contribution in [2.45, 2.75) is 25.3 Å². The molecule has 0 radical (unpaired) electrons. The molecule has 2 aliphatic rings. The fourth-order valence-corrected chi connectivity index (χ4v) is 2.69. The maximum absolute atomic E-state index is 13.0. The standard InChI is InChI=1S/C16H19FN2O3/c17-12-2-1-3-14(9-12)22-7-6-18-16(21)11-8-15(20)19(10-11)13-4-5-13/h1-3,9,11,13H,4-8,10H2,(H,18,21)/t11-/m0/s1. The smallest absolute Gasteiger partial charge is 0.225 e. The summed E-state index contributed by atoms with van der Waals surface area (Å²) in [6.07, 6.45) is 2.41. The van der Waals surface area contributed by atoms with Crippen LogP contribution < -0.4 is 10.1 Å². The van der Waals surface area contributed by atoms with Crippen LogP contribution in [-0.2, 0) is 9.59 Å². The lowest BCUT2D eigenvalue weighted by Gasteiger charge is -2.15. The van der Waals surface area contributed by atoms with Crippen LogP contribution in [0.5, 0.6) is 5.75 Å². The van der Waals surface area contributed by atoms with Gasteiger partial charge < -0.3 is 15.0 Å². The molecule has 1 saturated carbocycles. The Morgan fingerprint density at radius 1 is 1.41 bits per heavy atom. The molecule has 1 aromatic carbocycles. The van der Waals surface area contributed by atoms with Gasteiger partial charge in [-0.05, 0) is 25.0 Å². The summed E-state index contributed by atoms with van der Waals surface area (Å²) in [5, 5.41) is 2.77. The maximum atomic E-state index is 13.0. The second-order valence-electron chi connectivity index (χ2n) is 5.78. The Hall–Kier alpha value is -2.11. The number of nitrogens with zero attached hydrogens (tertiary/aromatic N) is 1. The Kier molecular flexibility index (Phi) is 4.27. The van der Waals surface area contributed by atoms with Crippen LogP contribution in [0, 0.1) is 11.7 Å². The first-order valence-corrected chi connectivity index (χ1v) is 7.59. The summed E-state index contributed by atoms with van der Waals surface area (Å²) < 4.78 is 18.3. The minimum Gasteiger partial charge on any atom is -0.492 e. The summed E-state index contributed by atoms with van der Waals surface area (Å²) in [4.78, 5) is 25.7. The van der Waals surface area contributed by atoms with Crippen LogP contribution >= 0.6 is 0 Å². The number of halogens is 1. The average Bonchev–Trinajstić information content (AvgIpc) is 3.26. The number of nitrogens with one attached hydrogen (secondary N) is 1. The van der Waals surface area contributed by atoms with Crippen LogP contribution in [0.2, 0.25) is 0 Å². The topological polar surface area (TPSA) is 58.6 Å². The molecule has 2 fully saturated rings. The van der Waals surface area contributed by atoms with Crippen molar-refractivity contribution in [3.05, 3.63) is 30.1 Å². The third kappa shape index (κ3) is 3.55. The lowest BCUT2D eigenvalue weighted by atomic mass is 10.1. The van der Waals surface area contributed by atoms with Gasteiger partial charge in [0.1, 0.15) is 18.2 Å². The van der Waals surface area contributed by atoms with Gasteiger partial charge in [-0.1, -0.05) is 6.07 Å². The minimum atomic E-state index is -0.355. The molecule has 0 spiro atoms. The van der Waals surface area contributed by atoms with E-state index in [1.165, 1.54) is 12.1 Å². The quantitative estimate of drug-likeness (QED) is 0.807. The van der Waals surface area contributed by atoms with Gasteiger partial charge in [-0.3, -0.25) is 9.59 Å². The zero-order valence-corrected chi connectivity index (χ0v) is 12.3. The van der Waals surface area contributed by atoms with Gasteiger partial charge in [0.15, 0.2) is 0 Å². The van der Waals surface area contributed by atoms with Gasteiger partial charge in [-0.2, -0.15) is 0 Å². The third-order valence-corrected chi connectivity index (χ3v) is 3.98. The molecule has 2 amide bonds. The Morgan fingerprint density at radius 3 is 2.95 bits per heavy atom. The fourth-order valence-electron chi connectivity index (χ4n) is 2.69. The zero-order chi connectivity index (χ0) is 15.5. The molecule has 1 aromatic rings. The molecule has 3 rings (SSSR count). The van der Waals surface area contributed by atoms with Crippen molar-refractivity contribution < 1.29 is 18.7 Å². The first kappa shape index (κ1) is 14.8. The molecule has 1 saturated heterocycles. The fraction of sp³-hybridized carbons (Fsp3) is 0.500. The zero-order valence-electron chi connectivity index (χ0n) is 12.3. The number of hydrogen-bond donors (Lipinski definition) is 1. The summed E-state index contributed by atoms with van der Waals surface area (Å²) >= 11 is 0. The van der Waals surface area contributed by atoms with E-state index in [-0.39, 0.29) is 30.2 Å². The average molecular weight is 306 g/mol. The van der Waals surface area contributed by atoms with Crippen molar-refractivity contribution in [3.8, 4) is 5.75 Å². The lowest BCUT2D eigenvalue weighted by Crippen LogP contribution is -2.35. The van der Waals surface area contributed by atoms with Crippen LogP contribution in [0.25, 0.3) is 0 Å². The predicted octanol–water partition coefficient (Wildman–Crippen LogP) is 1.33. The Morgan fingerprint density at radius 2 is 2.23 bits per heavy atom. The van der Waals surface area contributed by atoms with Crippen molar-refractivity contribution in [2.24, 2.45) is 5.92 Å². The Bertz CT molecular complexity index is 574. The third-order valence-electron chi connectivity index (χ3n) is 3.98. The van der Waals surface area contributed by atoms with Crippen molar-refractivity contribution in [1.82, 2.24) is 10.2 Å². The van der Waals surface area contributed by atoms with E-state index in [1.54, 1.807) is 12.1 Å². The minimum absolute atomic E-state index is 0.0821. The van der Waals surface area contributed by atoms with E-state index < -0.39 is 0 Å². The normalized spacial score (nSPS) is 21.0. The molecule has 1 aliphatic carbocycles. The van der Waals surface area contributed by atoms with Gasteiger partial charge >= 0.3 is 0 Å². The van der Waals surface area contributed by atoms with Crippen LogP contribution in [0.4, 0.5) is 4.39 Å². The first-order valence-electron chi connectivity index (χ1n) is 7.59. The van der Waals surface area contributed by atoms with Crippen molar-refractivity contribution in [1.29, 1.82) is 0 Å². The van der Waals surface area contributed by atoms with E-state index in [2.05, 4.69) is 5.32 Å². The molecule has 6 heteroatoms. The highest BCUT2D eigenvalue weighted by Gasteiger charge is 2.41. The number of rotatable bonds is 6. The van der Waals surface area contributed by atoms with E-state index in [4.69, 9.17) is 4.74 Å². The Labute approximate surface area is 128 Å². The van der Waals surface area contributed by atoms with Crippen molar-refractivity contribution in [3.63, 3.8) is 0 Å². The number of ether oxygens (including phenoxy) is 1. The maximum Gasteiger partial charge on any atom is 0.225 e. The second kappa shape index (κ2) is 6.34. The van der Waals surface area contributed by atoms with E-state index in [0.29, 0.717) is 31.3 Å². The second-order valence-corrected chi connectivity index (χ2v) is 5.78. The highest BCUT2D eigenvalue weighted by molar-refractivity contribution is 5.89. The van der Waals surface area contributed by atoms with Gasteiger partial charge in [0.05, 0.1) is 12.5 Å².